The number of hydrogen-bond donors (Lipinski definition) is 2. The van der Waals surface area contributed by atoms with Gasteiger partial charge >= 0.3 is 10.2 Å². The molecule has 1 saturated heterocycles. The van der Waals surface area contributed by atoms with Gasteiger partial charge in [-0.25, -0.2) is 4.39 Å². The number of halogens is 2. The second-order valence-corrected chi connectivity index (χ2v) is 6.76. The van der Waals surface area contributed by atoms with Gasteiger partial charge in [-0.2, -0.15) is 12.7 Å². The molecule has 3 N–H and O–H groups in total. The number of nitrogens with two attached hydrogens (primary N) is 1. The molecule has 2 rings (SSSR count). The van der Waals surface area contributed by atoms with Crippen LogP contribution in [0.1, 0.15) is 19.3 Å². The zero-order valence-corrected chi connectivity index (χ0v) is 12.4. The monoisotopic (exact) mass is 321 g/mol. The van der Waals surface area contributed by atoms with Gasteiger partial charge in [0, 0.05) is 19.1 Å². The van der Waals surface area contributed by atoms with Crippen molar-refractivity contribution in [1.29, 1.82) is 0 Å². The number of anilines is 1. The number of rotatable bonds is 4. The molecule has 1 heterocycles. The number of nitrogens with one attached hydrogen (secondary N) is 1. The molecule has 1 atom stereocenters. The lowest BCUT2D eigenvalue weighted by Gasteiger charge is -2.33. The first-order chi connectivity index (χ1) is 9.44. The summed E-state index contributed by atoms with van der Waals surface area (Å²) in [5.41, 5.74) is 5.65. The first kappa shape index (κ1) is 15.5. The molecule has 1 fully saturated rings. The zero-order valence-electron chi connectivity index (χ0n) is 10.9. The molecule has 1 aromatic carbocycles. The van der Waals surface area contributed by atoms with E-state index >= 15 is 0 Å². The second kappa shape index (κ2) is 6.26. The maximum atomic E-state index is 13.2. The van der Waals surface area contributed by atoms with Gasteiger partial charge in [0.1, 0.15) is 5.82 Å². The van der Waals surface area contributed by atoms with E-state index in [2.05, 4.69) is 4.72 Å². The van der Waals surface area contributed by atoms with E-state index in [1.54, 1.807) is 0 Å². The van der Waals surface area contributed by atoms with Crippen LogP contribution in [0.15, 0.2) is 18.2 Å². The molecule has 1 aliphatic heterocycles. The lowest BCUT2D eigenvalue weighted by Crippen LogP contribution is -2.49. The minimum Gasteiger partial charge on any atom is -0.329 e. The maximum Gasteiger partial charge on any atom is 0.301 e. The molecule has 112 valence electrons. The standard InChI is InChI=1S/C12H17ClFN3O2S/c13-11-5-4-9(14)7-12(11)16-20(18,19)17-6-2-1-3-10(17)8-15/h4-5,7,10,16H,1-3,6,8,15H2. The second-order valence-electron chi connectivity index (χ2n) is 4.73. The molecule has 0 saturated carbocycles. The third-order valence-corrected chi connectivity index (χ3v) is 5.23. The smallest absolute Gasteiger partial charge is 0.301 e. The van der Waals surface area contributed by atoms with Gasteiger partial charge in [0.15, 0.2) is 0 Å². The molecule has 0 bridgehead atoms. The maximum absolute atomic E-state index is 13.2. The number of nitrogens with zero attached hydrogens (tertiary/aromatic N) is 1. The Hall–Kier alpha value is -0.890. The van der Waals surface area contributed by atoms with E-state index in [1.807, 2.05) is 0 Å². The van der Waals surface area contributed by atoms with Gasteiger partial charge in [-0.1, -0.05) is 18.0 Å². The highest BCUT2D eigenvalue weighted by Crippen LogP contribution is 2.26. The van der Waals surface area contributed by atoms with Gasteiger partial charge in [0.25, 0.3) is 0 Å². The van der Waals surface area contributed by atoms with Crippen molar-refractivity contribution >= 4 is 27.5 Å². The van der Waals surface area contributed by atoms with Gasteiger partial charge in [-0.3, -0.25) is 4.72 Å². The molecule has 1 unspecified atom stereocenters. The summed E-state index contributed by atoms with van der Waals surface area (Å²) in [5.74, 6) is -0.555. The quantitative estimate of drug-likeness (QED) is 0.890. The predicted molar refractivity (Wildman–Crippen MR) is 77.4 cm³/mol. The first-order valence-electron chi connectivity index (χ1n) is 6.39. The Morgan fingerprint density at radius 1 is 1.45 bits per heavy atom. The van der Waals surface area contributed by atoms with Crippen molar-refractivity contribution in [3.05, 3.63) is 29.0 Å². The fourth-order valence-corrected chi connectivity index (χ4v) is 4.04. The molecule has 20 heavy (non-hydrogen) atoms. The Balaban J connectivity index is 2.24. The molecular weight excluding hydrogens is 305 g/mol. The summed E-state index contributed by atoms with van der Waals surface area (Å²) in [4.78, 5) is 0. The minimum absolute atomic E-state index is 0.0352. The van der Waals surface area contributed by atoms with Crippen molar-refractivity contribution in [2.75, 3.05) is 17.8 Å². The van der Waals surface area contributed by atoms with E-state index < -0.39 is 16.0 Å². The third-order valence-electron chi connectivity index (χ3n) is 3.32. The number of piperidine rings is 1. The number of benzene rings is 1. The summed E-state index contributed by atoms with van der Waals surface area (Å²) in [7, 11) is -3.78. The first-order valence-corrected chi connectivity index (χ1v) is 8.20. The van der Waals surface area contributed by atoms with Crippen LogP contribution in [-0.2, 0) is 10.2 Å². The third kappa shape index (κ3) is 3.41. The number of hydrogen-bond acceptors (Lipinski definition) is 3. The molecule has 5 nitrogen and oxygen atoms in total. The molecule has 0 aliphatic carbocycles. The van der Waals surface area contributed by atoms with Gasteiger partial charge in [0.05, 0.1) is 10.7 Å². The van der Waals surface area contributed by atoms with Crippen molar-refractivity contribution in [3.8, 4) is 0 Å². The molecule has 1 aromatic rings. The van der Waals surface area contributed by atoms with Crippen LogP contribution in [0.4, 0.5) is 10.1 Å². The van der Waals surface area contributed by atoms with Crippen LogP contribution < -0.4 is 10.5 Å². The van der Waals surface area contributed by atoms with Crippen molar-refractivity contribution in [2.45, 2.75) is 25.3 Å². The largest absolute Gasteiger partial charge is 0.329 e. The zero-order chi connectivity index (χ0) is 14.8. The highest BCUT2D eigenvalue weighted by atomic mass is 35.5. The normalized spacial score (nSPS) is 20.9. The van der Waals surface area contributed by atoms with E-state index in [0.717, 1.165) is 25.3 Å². The van der Waals surface area contributed by atoms with Crippen LogP contribution in [0.2, 0.25) is 5.02 Å². The van der Waals surface area contributed by atoms with E-state index in [9.17, 15) is 12.8 Å². The SMILES string of the molecule is NCC1CCCCN1S(=O)(=O)Nc1cc(F)ccc1Cl. The lowest BCUT2D eigenvalue weighted by molar-refractivity contribution is 0.259. The van der Waals surface area contributed by atoms with Crippen LogP contribution >= 0.6 is 11.6 Å². The lowest BCUT2D eigenvalue weighted by atomic mass is 10.1. The van der Waals surface area contributed by atoms with Crippen molar-refractivity contribution in [2.24, 2.45) is 5.73 Å². The summed E-state index contributed by atoms with van der Waals surface area (Å²) < 4.78 is 41.6. The van der Waals surface area contributed by atoms with E-state index in [-0.39, 0.29) is 23.3 Å². The molecule has 0 radical (unpaired) electrons. The van der Waals surface area contributed by atoms with E-state index in [4.69, 9.17) is 17.3 Å². The Morgan fingerprint density at radius 2 is 2.20 bits per heavy atom. The van der Waals surface area contributed by atoms with Crippen molar-refractivity contribution in [1.82, 2.24) is 4.31 Å². The average molecular weight is 322 g/mol. The van der Waals surface area contributed by atoms with E-state index in [0.29, 0.717) is 6.54 Å². The Morgan fingerprint density at radius 3 is 2.90 bits per heavy atom. The van der Waals surface area contributed by atoms with Crippen LogP contribution in [0.3, 0.4) is 0 Å². The minimum atomic E-state index is -3.78. The molecule has 8 heteroatoms. The molecule has 1 aliphatic rings. The molecule has 0 aromatic heterocycles. The van der Waals surface area contributed by atoms with Crippen molar-refractivity contribution in [3.63, 3.8) is 0 Å². The van der Waals surface area contributed by atoms with Crippen LogP contribution in [-0.4, -0.2) is 31.9 Å². The summed E-state index contributed by atoms with van der Waals surface area (Å²) in [6, 6.07) is 3.31. The Kier molecular flexibility index (Phi) is 4.85. The summed E-state index contributed by atoms with van der Waals surface area (Å²) in [6.07, 6.45) is 2.47. The highest BCUT2D eigenvalue weighted by molar-refractivity contribution is 7.90. The summed E-state index contributed by atoms with van der Waals surface area (Å²) in [5, 5.41) is 0.149. The summed E-state index contributed by atoms with van der Waals surface area (Å²) >= 11 is 5.87. The molecule has 0 spiro atoms. The predicted octanol–water partition coefficient (Wildman–Crippen LogP) is 1.95. The van der Waals surface area contributed by atoms with Gasteiger partial charge < -0.3 is 5.73 Å². The topological polar surface area (TPSA) is 75.4 Å². The van der Waals surface area contributed by atoms with Gasteiger partial charge in [-0.15, -0.1) is 0 Å². The average Bonchev–Trinajstić information content (AvgIpc) is 2.42. The fourth-order valence-electron chi connectivity index (χ4n) is 2.30. The highest BCUT2D eigenvalue weighted by Gasteiger charge is 2.31. The Bertz CT molecular complexity index is 582. The molecule has 0 amide bonds. The molecular formula is C12H17ClFN3O2S. The van der Waals surface area contributed by atoms with Crippen LogP contribution in [0, 0.1) is 5.82 Å². The van der Waals surface area contributed by atoms with E-state index in [1.165, 1.54) is 16.4 Å². The summed E-state index contributed by atoms with van der Waals surface area (Å²) in [6.45, 7) is 0.669. The van der Waals surface area contributed by atoms with Crippen LogP contribution in [0.25, 0.3) is 0 Å². The Labute approximate surface area is 123 Å². The van der Waals surface area contributed by atoms with Gasteiger partial charge in [-0.05, 0) is 31.0 Å². The van der Waals surface area contributed by atoms with Crippen molar-refractivity contribution < 1.29 is 12.8 Å². The van der Waals surface area contributed by atoms with Gasteiger partial charge in [0.2, 0.25) is 0 Å². The fraction of sp³-hybridized carbons (Fsp3) is 0.500. The van der Waals surface area contributed by atoms with Crippen LogP contribution in [0.5, 0.6) is 0 Å².